The van der Waals surface area contributed by atoms with Gasteiger partial charge in [-0.3, -0.25) is 15.7 Å². The highest BCUT2D eigenvalue weighted by atomic mass is 32.1. The summed E-state index contributed by atoms with van der Waals surface area (Å²) in [6.07, 6.45) is 3.28. The maximum Gasteiger partial charge on any atom is 0.229 e. The topological polar surface area (TPSA) is 75.1 Å². The Kier molecular flexibility index (Phi) is 4.67. The zero-order chi connectivity index (χ0) is 14.4. The SMILES string of the molecule is Cc1cc(C)nc(NC(=S)N/N=C\c2ccccn2)n1. The summed E-state index contributed by atoms with van der Waals surface area (Å²) in [5.41, 5.74) is 5.18. The molecule has 6 nitrogen and oxygen atoms in total. The van der Waals surface area contributed by atoms with Crippen molar-refractivity contribution in [2.24, 2.45) is 5.10 Å². The second-order valence-electron chi connectivity index (χ2n) is 4.05. The number of nitrogens with zero attached hydrogens (tertiary/aromatic N) is 4. The third-order valence-corrected chi connectivity index (χ3v) is 2.45. The molecule has 0 aromatic carbocycles. The lowest BCUT2D eigenvalue weighted by molar-refractivity contribution is 1.02. The quantitative estimate of drug-likeness (QED) is 0.509. The van der Waals surface area contributed by atoms with Crippen molar-refractivity contribution >= 4 is 29.5 Å². The molecule has 20 heavy (non-hydrogen) atoms. The lowest BCUT2D eigenvalue weighted by Crippen LogP contribution is -2.25. The van der Waals surface area contributed by atoms with Gasteiger partial charge in [0.05, 0.1) is 11.9 Å². The minimum absolute atomic E-state index is 0.321. The summed E-state index contributed by atoms with van der Waals surface area (Å²) < 4.78 is 0. The van der Waals surface area contributed by atoms with Gasteiger partial charge in [0.2, 0.25) is 5.95 Å². The smallest absolute Gasteiger partial charge is 0.229 e. The Morgan fingerprint density at radius 1 is 1.25 bits per heavy atom. The fraction of sp³-hybridized carbons (Fsp3) is 0.154. The summed E-state index contributed by atoms with van der Waals surface area (Å²) in [5.74, 6) is 0.452. The molecule has 0 fully saturated rings. The molecule has 2 rings (SSSR count). The molecule has 2 aromatic rings. The first-order valence-corrected chi connectivity index (χ1v) is 6.38. The van der Waals surface area contributed by atoms with Gasteiger partial charge in [-0.15, -0.1) is 0 Å². The van der Waals surface area contributed by atoms with Crippen molar-refractivity contribution in [3.63, 3.8) is 0 Å². The molecule has 0 aliphatic carbocycles. The van der Waals surface area contributed by atoms with Gasteiger partial charge >= 0.3 is 0 Å². The van der Waals surface area contributed by atoms with Crippen molar-refractivity contribution in [3.05, 3.63) is 47.5 Å². The van der Waals surface area contributed by atoms with Crippen LogP contribution in [0.25, 0.3) is 0 Å². The Hall–Kier alpha value is -2.41. The fourth-order valence-corrected chi connectivity index (χ4v) is 1.66. The van der Waals surface area contributed by atoms with E-state index in [-0.39, 0.29) is 0 Å². The Labute approximate surface area is 122 Å². The van der Waals surface area contributed by atoms with Crippen LogP contribution in [-0.2, 0) is 0 Å². The maximum absolute atomic E-state index is 5.10. The zero-order valence-corrected chi connectivity index (χ0v) is 12.0. The number of hydrogen-bond acceptors (Lipinski definition) is 5. The Balaban J connectivity index is 1.91. The van der Waals surface area contributed by atoms with Crippen LogP contribution in [0.2, 0.25) is 0 Å². The highest BCUT2D eigenvalue weighted by Gasteiger charge is 2.01. The molecule has 102 valence electrons. The predicted octanol–water partition coefficient (Wildman–Crippen LogP) is 1.81. The van der Waals surface area contributed by atoms with Gasteiger partial charge in [-0.1, -0.05) is 6.07 Å². The molecule has 2 aromatic heterocycles. The number of hydrogen-bond donors (Lipinski definition) is 2. The van der Waals surface area contributed by atoms with Crippen LogP contribution < -0.4 is 10.7 Å². The van der Waals surface area contributed by atoms with Gasteiger partial charge in [-0.2, -0.15) is 5.10 Å². The van der Waals surface area contributed by atoms with Crippen LogP contribution in [0.4, 0.5) is 5.95 Å². The van der Waals surface area contributed by atoms with Crippen molar-refractivity contribution in [3.8, 4) is 0 Å². The van der Waals surface area contributed by atoms with E-state index in [1.54, 1.807) is 12.4 Å². The van der Waals surface area contributed by atoms with Crippen molar-refractivity contribution in [2.75, 3.05) is 5.32 Å². The first kappa shape index (κ1) is 14.0. The highest BCUT2D eigenvalue weighted by Crippen LogP contribution is 2.03. The second kappa shape index (κ2) is 6.67. The van der Waals surface area contributed by atoms with Gasteiger partial charge < -0.3 is 0 Å². The Morgan fingerprint density at radius 2 is 2.00 bits per heavy atom. The van der Waals surface area contributed by atoms with Crippen LogP contribution in [-0.4, -0.2) is 26.3 Å². The average Bonchev–Trinajstić information content (AvgIpc) is 2.38. The first-order chi connectivity index (χ1) is 9.63. The average molecular weight is 286 g/mol. The summed E-state index contributed by atoms with van der Waals surface area (Å²) in [6, 6.07) is 7.46. The van der Waals surface area contributed by atoms with E-state index in [2.05, 4.69) is 30.8 Å². The summed E-state index contributed by atoms with van der Waals surface area (Å²) >= 11 is 5.10. The van der Waals surface area contributed by atoms with Gasteiger partial charge in [0.15, 0.2) is 5.11 Å². The van der Waals surface area contributed by atoms with Crippen LogP contribution in [0, 0.1) is 13.8 Å². The largest absolute Gasteiger partial charge is 0.300 e. The number of rotatable bonds is 3. The molecule has 2 heterocycles. The maximum atomic E-state index is 5.10. The number of anilines is 1. The van der Waals surface area contributed by atoms with Crippen molar-refractivity contribution < 1.29 is 0 Å². The molecule has 0 spiro atoms. The van der Waals surface area contributed by atoms with Gasteiger partial charge in [0.1, 0.15) is 0 Å². The van der Waals surface area contributed by atoms with E-state index < -0.39 is 0 Å². The zero-order valence-electron chi connectivity index (χ0n) is 11.2. The monoisotopic (exact) mass is 286 g/mol. The summed E-state index contributed by atoms with van der Waals surface area (Å²) in [7, 11) is 0. The summed E-state index contributed by atoms with van der Waals surface area (Å²) in [6.45, 7) is 3.80. The number of aryl methyl sites for hydroxylation is 2. The van der Waals surface area contributed by atoms with E-state index in [0.717, 1.165) is 17.1 Å². The molecule has 0 bridgehead atoms. The molecule has 0 saturated heterocycles. The molecule has 0 aliphatic rings. The Bertz CT molecular complexity index is 606. The summed E-state index contributed by atoms with van der Waals surface area (Å²) in [5, 5.41) is 7.18. The number of nitrogens with one attached hydrogen (secondary N) is 2. The minimum atomic E-state index is 0.321. The molecule has 0 saturated carbocycles. The highest BCUT2D eigenvalue weighted by molar-refractivity contribution is 7.80. The number of thiocarbonyl (C=S) groups is 1. The number of aromatic nitrogens is 3. The van der Waals surface area contributed by atoms with Gasteiger partial charge in [0, 0.05) is 17.6 Å². The molecule has 0 atom stereocenters. The molecule has 0 aliphatic heterocycles. The van der Waals surface area contributed by atoms with E-state index in [4.69, 9.17) is 12.2 Å². The third-order valence-electron chi connectivity index (χ3n) is 2.26. The van der Waals surface area contributed by atoms with Crippen LogP contribution in [0.5, 0.6) is 0 Å². The van der Waals surface area contributed by atoms with Crippen LogP contribution >= 0.6 is 12.2 Å². The van der Waals surface area contributed by atoms with Crippen LogP contribution in [0.1, 0.15) is 17.1 Å². The van der Waals surface area contributed by atoms with E-state index in [1.165, 1.54) is 0 Å². The summed E-state index contributed by atoms with van der Waals surface area (Å²) in [4.78, 5) is 12.6. The van der Waals surface area contributed by atoms with Crippen molar-refractivity contribution in [1.82, 2.24) is 20.4 Å². The number of hydrazone groups is 1. The molecule has 0 unspecified atom stereocenters. The molecule has 0 radical (unpaired) electrons. The molecule has 2 N–H and O–H groups in total. The van der Waals surface area contributed by atoms with Crippen molar-refractivity contribution in [2.45, 2.75) is 13.8 Å². The molecule has 7 heteroatoms. The van der Waals surface area contributed by atoms with E-state index in [0.29, 0.717) is 11.1 Å². The van der Waals surface area contributed by atoms with Crippen LogP contribution in [0.15, 0.2) is 35.6 Å². The minimum Gasteiger partial charge on any atom is -0.300 e. The lowest BCUT2D eigenvalue weighted by atomic mass is 10.4. The van der Waals surface area contributed by atoms with Gasteiger partial charge in [0.25, 0.3) is 0 Å². The second-order valence-corrected chi connectivity index (χ2v) is 4.46. The van der Waals surface area contributed by atoms with E-state index in [9.17, 15) is 0 Å². The normalized spacial score (nSPS) is 10.5. The predicted molar refractivity (Wildman–Crippen MR) is 82.7 cm³/mol. The van der Waals surface area contributed by atoms with Gasteiger partial charge in [-0.05, 0) is 44.3 Å². The third kappa shape index (κ3) is 4.36. The first-order valence-electron chi connectivity index (χ1n) is 5.97. The molecular weight excluding hydrogens is 272 g/mol. The molecular formula is C13H14N6S. The van der Waals surface area contributed by atoms with Gasteiger partial charge in [-0.25, -0.2) is 9.97 Å². The van der Waals surface area contributed by atoms with Crippen molar-refractivity contribution in [1.29, 1.82) is 0 Å². The number of pyridine rings is 1. The molecule has 0 amide bonds. The fourth-order valence-electron chi connectivity index (χ4n) is 1.52. The van der Waals surface area contributed by atoms with E-state index in [1.807, 2.05) is 38.1 Å². The van der Waals surface area contributed by atoms with E-state index >= 15 is 0 Å². The van der Waals surface area contributed by atoms with Crippen LogP contribution in [0.3, 0.4) is 0 Å². The standard InChI is InChI=1S/C13H14N6S/c1-9-7-10(2)17-12(16-9)18-13(20)19-15-8-11-5-3-4-6-14-11/h3-8H,1-2H3,(H2,16,17,18,19,20)/b15-8-. The Morgan fingerprint density at radius 3 is 2.65 bits per heavy atom. The lowest BCUT2D eigenvalue weighted by Gasteiger charge is -2.06.